The maximum Gasteiger partial charge on any atom is 0.230 e. The average Bonchev–Trinajstić information content (AvgIpc) is 2.85. The number of nitrogens with zero attached hydrogens (tertiary/aromatic N) is 3. The summed E-state index contributed by atoms with van der Waals surface area (Å²) in [5, 5.41) is 6.62. The standard InChI is InChI=1S/C28H35N5O3/c1-15-12-33(13-16(2)36-15)19-7-5-18(6-8-19)30-26-29-10-9-22(31-26)35-14-27(4)23-20-11-21-24(27)25(23)28(20,21)32-17(3)34/h5-10,15-16,20-21,23-25H,11-14H2,1-4H3,(H,32,34)(H,29,30,31)/t15-,16+,20?,21?,23?,24?,25?,27?,28?. The number of hydrogen-bond acceptors (Lipinski definition) is 7. The van der Waals surface area contributed by atoms with Crippen LogP contribution in [0.2, 0.25) is 0 Å². The van der Waals surface area contributed by atoms with E-state index in [0.717, 1.165) is 18.8 Å². The van der Waals surface area contributed by atoms with Gasteiger partial charge in [0, 0.05) is 54.6 Å². The third kappa shape index (κ3) is 2.93. The molecule has 5 aliphatic rings. The Balaban J connectivity index is 0.971. The number of fused-ring (bicyclic) bond motifs is 2. The van der Waals surface area contributed by atoms with Crippen molar-refractivity contribution in [3.63, 3.8) is 0 Å². The van der Waals surface area contributed by atoms with Crippen LogP contribution in [0.25, 0.3) is 0 Å². The Labute approximate surface area is 212 Å². The van der Waals surface area contributed by atoms with Crippen molar-refractivity contribution < 1.29 is 14.3 Å². The summed E-state index contributed by atoms with van der Waals surface area (Å²) in [5.74, 6) is 4.50. The lowest BCUT2D eigenvalue weighted by Crippen LogP contribution is -3.01. The van der Waals surface area contributed by atoms with Crippen LogP contribution in [0.3, 0.4) is 0 Å². The van der Waals surface area contributed by atoms with Gasteiger partial charge >= 0.3 is 0 Å². The van der Waals surface area contributed by atoms with E-state index < -0.39 is 0 Å². The molecule has 1 aliphatic heterocycles. The van der Waals surface area contributed by atoms with Crippen LogP contribution >= 0.6 is 0 Å². The number of benzene rings is 1. The number of aromatic nitrogens is 2. The van der Waals surface area contributed by atoms with E-state index in [1.54, 1.807) is 13.1 Å². The van der Waals surface area contributed by atoms with Crippen molar-refractivity contribution >= 4 is 23.2 Å². The Bertz CT molecular complexity index is 1160. The summed E-state index contributed by atoms with van der Waals surface area (Å²) in [7, 11) is 0. The molecule has 2 aromatic rings. The molecule has 2 N–H and O–H groups in total. The molecule has 6 atom stereocenters. The first-order valence-electron chi connectivity index (χ1n) is 13.3. The maximum atomic E-state index is 11.7. The number of morpholine rings is 1. The average molecular weight is 490 g/mol. The molecule has 36 heavy (non-hydrogen) atoms. The lowest BCUT2D eigenvalue weighted by Gasteiger charge is -2.96. The van der Waals surface area contributed by atoms with Crippen molar-refractivity contribution in [2.45, 2.75) is 51.9 Å². The molecule has 4 saturated carbocycles. The second-order valence-electron chi connectivity index (χ2n) is 12.0. The van der Waals surface area contributed by atoms with Crippen LogP contribution in [0.1, 0.15) is 34.1 Å². The van der Waals surface area contributed by atoms with Gasteiger partial charge in [-0.3, -0.25) is 4.79 Å². The molecule has 0 spiro atoms. The Morgan fingerprint density at radius 1 is 1.11 bits per heavy atom. The molecule has 190 valence electrons. The van der Waals surface area contributed by atoms with Gasteiger partial charge in [-0.05, 0) is 74.1 Å². The van der Waals surface area contributed by atoms with Crippen LogP contribution in [0.4, 0.5) is 17.3 Å². The molecule has 7 rings (SSSR count). The smallest absolute Gasteiger partial charge is 0.230 e. The lowest BCUT2D eigenvalue weighted by atomic mass is 9.10. The summed E-state index contributed by atoms with van der Waals surface area (Å²) >= 11 is 0. The van der Waals surface area contributed by atoms with E-state index in [1.807, 2.05) is 6.07 Å². The minimum atomic E-state index is 0.118. The maximum absolute atomic E-state index is 11.7. The molecule has 1 amide bonds. The molecule has 0 bridgehead atoms. The summed E-state index contributed by atoms with van der Waals surface area (Å²) < 4.78 is 12.1. The minimum absolute atomic E-state index is 0.118. The van der Waals surface area contributed by atoms with Gasteiger partial charge in [0.2, 0.25) is 17.7 Å². The number of rotatable bonds is 7. The van der Waals surface area contributed by atoms with Crippen LogP contribution in [-0.2, 0) is 9.53 Å². The Morgan fingerprint density at radius 3 is 2.44 bits per heavy atom. The summed E-state index contributed by atoms with van der Waals surface area (Å²) in [6, 6.07) is 10.2. The van der Waals surface area contributed by atoms with Gasteiger partial charge < -0.3 is 25.0 Å². The van der Waals surface area contributed by atoms with Crippen molar-refractivity contribution in [3.05, 3.63) is 36.5 Å². The number of ether oxygens (including phenoxy) is 2. The molecule has 8 heteroatoms. The zero-order chi connectivity index (χ0) is 24.8. The first kappa shape index (κ1) is 22.3. The molecule has 4 aliphatic carbocycles. The summed E-state index contributed by atoms with van der Waals surface area (Å²) in [5.41, 5.74) is 2.46. The molecule has 1 aromatic carbocycles. The van der Waals surface area contributed by atoms with Gasteiger partial charge in [-0.1, -0.05) is 6.92 Å². The predicted octanol–water partition coefficient (Wildman–Crippen LogP) is 3.62. The zero-order valence-corrected chi connectivity index (χ0v) is 21.4. The van der Waals surface area contributed by atoms with Crippen molar-refractivity contribution in [2.24, 2.45) is 35.0 Å². The van der Waals surface area contributed by atoms with Crippen molar-refractivity contribution in [2.75, 3.05) is 29.9 Å². The van der Waals surface area contributed by atoms with Gasteiger partial charge in [-0.2, -0.15) is 4.98 Å². The third-order valence-corrected chi connectivity index (χ3v) is 9.91. The van der Waals surface area contributed by atoms with E-state index in [4.69, 9.17) is 9.47 Å². The van der Waals surface area contributed by atoms with Crippen molar-refractivity contribution in [3.8, 4) is 5.88 Å². The van der Waals surface area contributed by atoms with Crippen LogP contribution in [0, 0.1) is 35.0 Å². The fourth-order valence-electron chi connectivity index (χ4n) is 8.84. The summed E-state index contributed by atoms with van der Waals surface area (Å²) in [6.45, 7) is 10.7. The summed E-state index contributed by atoms with van der Waals surface area (Å²) in [6.07, 6.45) is 3.48. The number of amides is 1. The number of carbonyl (C=O) groups is 1. The van der Waals surface area contributed by atoms with Gasteiger partial charge in [0.25, 0.3) is 0 Å². The highest BCUT2D eigenvalue weighted by Gasteiger charge is 2.94. The zero-order valence-electron chi connectivity index (χ0n) is 21.4. The third-order valence-electron chi connectivity index (χ3n) is 9.91. The van der Waals surface area contributed by atoms with Gasteiger partial charge in [0.15, 0.2) is 0 Å². The first-order valence-corrected chi connectivity index (χ1v) is 13.3. The van der Waals surface area contributed by atoms with Crippen molar-refractivity contribution in [1.82, 2.24) is 15.3 Å². The largest absolute Gasteiger partial charge is 0.477 e. The quantitative estimate of drug-likeness (QED) is 0.614. The Kier molecular flexibility index (Phi) is 4.70. The Hall–Kier alpha value is -2.87. The molecule has 4 unspecified atom stereocenters. The monoisotopic (exact) mass is 489 g/mol. The second kappa shape index (κ2) is 7.57. The summed E-state index contributed by atoms with van der Waals surface area (Å²) in [4.78, 5) is 23.1. The highest BCUT2D eigenvalue weighted by Crippen LogP contribution is 2.91. The topological polar surface area (TPSA) is 88.6 Å². The normalized spacial score (nSPS) is 41.0. The molecule has 1 aromatic heterocycles. The van der Waals surface area contributed by atoms with E-state index >= 15 is 0 Å². The fraction of sp³-hybridized carbons (Fsp3) is 0.607. The fourth-order valence-corrected chi connectivity index (χ4v) is 8.84. The molecular weight excluding hydrogens is 454 g/mol. The molecular formula is C28H35N5O3. The van der Waals surface area contributed by atoms with E-state index in [-0.39, 0.29) is 29.1 Å². The predicted molar refractivity (Wildman–Crippen MR) is 136 cm³/mol. The van der Waals surface area contributed by atoms with Crippen LogP contribution < -0.4 is 20.3 Å². The number of nitrogens with one attached hydrogen (secondary N) is 2. The van der Waals surface area contributed by atoms with E-state index in [0.29, 0.717) is 48.0 Å². The number of hydrogen-bond donors (Lipinski definition) is 2. The highest BCUT2D eigenvalue weighted by molar-refractivity contribution is 5.75. The molecule has 8 nitrogen and oxygen atoms in total. The first-order chi connectivity index (χ1) is 17.3. The number of carbonyl (C=O) groups excluding carboxylic acids is 1. The lowest BCUT2D eigenvalue weighted by molar-refractivity contribution is -0.461. The van der Waals surface area contributed by atoms with Gasteiger partial charge in [0.05, 0.1) is 18.8 Å². The highest BCUT2D eigenvalue weighted by atomic mass is 16.5. The van der Waals surface area contributed by atoms with Gasteiger partial charge in [0.1, 0.15) is 0 Å². The SMILES string of the molecule is CC(=O)NC12C3CC1C1C2C3C1(C)COc1ccnc(Nc2ccc(N3C[C@@H](C)O[C@@H](C)C3)cc2)n1. The molecule has 0 radical (unpaired) electrons. The van der Waals surface area contributed by atoms with Crippen molar-refractivity contribution in [1.29, 1.82) is 0 Å². The van der Waals surface area contributed by atoms with Gasteiger partial charge in [-0.15, -0.1) is 0 Å². The molecule has 5 fully saturated rings. The van der Waals surface area contributed by atoms with Crippen LogP contribution in [0.15, 0.2) is 36.5 Å². The van der Waals surface area contributed by atoms with Crippen LogP contribution in [0.5, 0.6) is 5.88 Å². The van der Waals surface area contributed by atoms with E-state index in [2.05, 4.69) is 70.5 Å². The number of anilines is 3. The van der Waals surface area contributed by atoms with Gasteiger partial charge in [-0.25, -0.2) is 4.98 Å². The minimum Gasteiger partial charge on any atom is -0.477 e. The Morgan fingerprint density at radius 2 is 1.81 bits per heavy atom. The molecule has 1 saturated heterocycles. The van der Waals surface area contributed by atoms with E-state index in [9.17, 15) is 4.79 Å². The molecule has 2 heterocycles. The van der Waals surface area contributed by atoms with Crippen LogP contribution in [-0.4, -0.2) is 53.3 Å². The van der Waals surface area contributed by atoms with E-state index in [1.165, 1.54) is 12.1 Å². The second-order valence-corrected chi connectivity index (χ2v) is 12.0.